The summed E-state index contributed by atoms with van der Waals surface area (Å²) in [5.74, 6) is 0.0980. The van der Waals surface area contributed by atoms with Gasteiger partial charge in [-0.25, -0.2) is 4.79 Å². The van der Waals surface area contributed by atoms with Crippen molar-refractivity contribution in [3.8, 4) is 0 Å². The molecule has 1 aromatic rings. The Bertz CT molecular complexity index is 340. The number of hydrogen-bond acceptors (Lipinski definition) is 6. The molecule has 0 saturated carbocycles. The molecule has 16 heavy (non-hydrogen) atoms. The maximum absolute atomic E-state index is 11.1. The van der Waals surface area contributed by atoms with Gasteiger partial charge in [0, 0.05) is 13.7 Å². The molecule has 0 aliphatic heterocycles. The lowest BCUT2D eigenvalue weighted by Crippen LogP contribution is -2.19. The van der Waals surface area contributed by atoms with Crippen LogP contribution in [-0.4, -0.2) is 43.0 Å². The van der Waals surface area contributed by atoms with E-state index >= 15 is 0 Å². The van der Waals surface area contributed by atoms with Crippen molar-refractivity contribution in [1.29, 1.82) is 0 Å². The molecule has 1 N–H and O–H groups in total. The zero-order chi connectivity index (χ0) is 12.0. The SMILES string of the molecule is COC(=O)c1ccc(NCC(C)OC)nn1. The van der Waals surface area contributed by atoms with E-state index in [9.17, 15) is 4.79 Å². The maximum Gasteiger partial charge on any atom is 0.358 e. The van der Waals surface area contributed by atoms with Gasteiger partial charge in [0.25, 0.3) is 0 Å². The van der Waals surface area contributed by atoms with Crippen LogP contribution >= 0.6 is 0 Å². The molecule has 0 spiro atoms. The van der Waals surface area contributed by atoms with Crippen molar-refractivity contribution >= 4 is 11.8 Å². The fourth-order valence-electron chi connectivity index (χ4n) is 0.972. The number of rotatable bonds is 5. The van der Waals surface area contributed by atoms with Crippen molar-refractivity contribution in [1.82, 2.24) is 10.2 Å². The summed E-state index contributed by atoms with van der Waals surface area (Å²) >= 11 is 0. The third-order valence-electron chi connectivity index (χ3n) is 2.03. The number of nitrogens with zero attached hydrogens (tertiary/aromatic N) is 2. The predicted molar refractivity (Wildman–Crippen MR) is 58.3 cm³/mol. The van der Waals surface area contributed by atoms with E-state index in [1.807, 2.05) is 6.92 Å². The second kappa shape index (κ2) is 6.02. The number of hydrogen-bond donors (Lipinski definition) is 1. The molecule has 0 aromatic carbocycles. The summed E-state index contributed by atoms with van der Waals surface area (Å²) in [7, 11) is 2.94. The molecule has 0 radical (unpaired) electrons. The lowest BCUT2D eigenvalue weighted by molar-refractivity contribution is 0.0592. The Kier molecular flexibility index (Phi) is 4.65. The van der Waals surface area contributed by atoms with Gasteiger partial charge < -0.3 is 14.8 Å². The van der Waals surface area contributed by atoms with Gasteiger partial charge in [-0.05, 0) is 19.1 Å². The average molecular weight is 225 g/mol. The Labute approximate surface area is 94.0 Å². The molecule has 0 aliphatic carbocycles. The zero-order valence-electron chi connectivity index (χ0n) is 9.56. The fourth-order valence-corrected chi connectivity index (χ4v) is 0.972. The van der Waals surface area contributed by atoms with Gasteiger partial charge in [0.1, 0.15) is 5.82 Å². The fraction of sp³-hybridized carbons (Fsp3) is 0.500. The number of nitrogens with one attached hydrogen (secondary N) is 1. The molecular weight excluding hydrogens is 210 g/mol. The van der Waals surface area contributed by atoms with Gasteiger partial charge >= 0.3 is 5.97 Å². The van der Waals surface area contributed by atoms with Crippen molar-refractivity contribution < 1.29 is 14.3 Å². The number of esters is 1. The van der Waals surface area contributed by atoms with Crippen molar-refractivity contribution in [2.45, 2.75) is 13.0 Å². The van der Waals surface area contributed by atoms with E-state index in [1.165, 1.54) is 7.11 Å². The van der Waals surface area contributed by atoms with E-state index < -0.39 is 5.97 Å². The number of methoxy groups -OCH3 is 2. The van der Waals surface area contributed by atoms with Gasteiger partial charge in [-0.15, -0.1) is 10.2 Å². The van der Waals surface area contributed by atoms with Gasteiger partial charge in [0.15, 0.2) is 5.69 Å². The molecule has 0 bridgehead atoms. The first kappa shape index (κ1) is 12.4. The minimum Gasteiger partial charge on any atom is -0.464 e. The smallest absolute Gasteiger partial charge is 0.358 e. The van der Waals surface area contributed by atoms with Gasteiger partial charge in [0.05, 0.1) is 13.2 Å². The van der Waals surface area contributed by atoms with E-state index in [0.717, 1.165) is 0 Å². The lowest BCUT2D eigenvalue weighted by atomic mass is 10.3. The summed E-state index contributed by atoms with van der Waals surface area (Å²) in [6, 6.07) is 3.22. The molecule has 0 saturated heterocycles. The van der Waals surface area contributed by atoms with Crippen molar-refractivity contribution in [2.24, 2.45) is 0 Å². The van der Waals surface area contributed by atoms with Crippen LogP contribution in [0.2, 0.25) is 0 Å². The third kappa shape index (κ3) is 3.47. The highest BCUT2D eigenvalue weighted by molar-refractivity contribution is 5.86. The van der Waals surface area contributed by atoms with Crippen LogP contribution in [0.3, 0.4) is 0 Å². The van der Waals surface area contributed by atoms with Crippen LogP contribution in [0.5, 0.6) is 0 Å². The predicted octanol–water partition coefficient (Wildman–Crippen LogP) is 0.710. The standard InChI is InChI=1S/C10H15N3O3/c1-7(15-2)6-11-9-5-4-8(12-13-9)10(14)16-3/h4-5,7H,6H2,1-3H3,(H,11,13). The van der Waals surface area contributed by atoms with Crippen LogP contribution in [0, 0.1) is 0 Å². The minimum atomic E-state index is -0.496. The van der Waals surface area contributed by atoms with Crippen LogP contribution in [0.15, 0.2) is 12.1 Å². The molecular formula is C10H15N3O3. The Morgan fingerprint density at radius 1 is 1.44 bits per heavy atom. The van der Waals surface area contributed by atoms with Crippen molar-refractivity contribution in [2.75, 3.05) is 26.1 Å². The first-order valence-corrected chi connectivity index (χ1v) is 4.86. The number of carbonyl (C=O) groups excluding carboxylic acids is 1. The molecule has 88 valence electrons. The molecule has 6 nitrogen and oxygen atoms in total. The number of ether oxygens (including phenoxy) is 2. The Balaban J connectivity index is 2.54. The summed E-state index contributed by atoms with van der Waals surface area (Å²) < 4.78 is 9.58. The zero-order valence-corrected chi connectivity index (χ0v) is 9.56. The highest BCUT2D eigenvalue weighted by Gasteiger charge is 2.07. The van der Waals surface area contributed by atoms with Crippen LogP contribution in [0.1, 0.15) is 17.4 Å². The van der Waals surface area contributed by atoms with Crippen LogP contribution in [0.4, 0.5) is 5.82 Å². The Morgan fingerprint density at radius 2 is 2.19 bits per heavy atom. The van der Waals surface area contributed by atoms with Gasteiger partial charge in [0.2, 0.25) is 0 Å². The average Bonchev–Trinajstić information content (AvgIpc) is 2.35. The highest BCUT2D eigenvalue weighted by atomic mass is 16.5. The summed E-state index contributed by atoms with van der Waals surface area (Å²) in [5, 5.41) is 10.6. The molecule has 1 aromatic heterocycles. The van der Waals surface area contributed by atoms with Crippen LogP contribution < -0.4 is 5.32 Å². The lowest BCUT2D eigenvalue weighted by Gasteiger charge is -2.10. The molecule has 1 rings (SSSR count). The first-order valence-electron chi connectivity index (χ1n) is 4.86. The van der Waals surface area contributed by atoms with E-state index in [-0.39, 0.29) is 11.8 Å². The molecule has 1 atom stereocenters. The quantitative estimate of drug-likeness (QED) is 0.744. The summed E-state index contributed by atoms with van der Waals surface area (Å²) in [4.78, 5) is 11.1. The Hall–Kier alpha value is -1.69. The number of carbonyl (C=O) groups is 1. The molecule has 6 heteroatoms. The molecule has 0 fully saturated rings. The topological polar surface area (TPSA) is 73.3 Å². The monoisotopic (exact) mass is 225 g/mol. The maximum atomic E-state index is 11.1. The second-order valence-corrected chi connectivity index (χ2v) is 3.22. The summed E-state index contributed by atoms with van der Waals surface area (Å²) in [6.45, 7) is 2.56. The first-order chi connectivity index (χ1) is 7.67. The number of aromatic nitrogens is 2. The van der Waals surface area contributed by atoms with Crippen LogP contribution in [-0.2, 0) is 9.47 Å². The Morgan fingerprint density at radius 3 is 2.69 bits per heavy atom. The van der Waals surface area contributed by atoms with Crippen molar-refractivity contribution in [3.05, 3.63) is 17.8 Å². The minimum absolute atomic E-state index is 0.0853. The van der Waals surface area contributed by atoms with E-state index in [4.69, 9.17) is 4.74 Å². The van der Waals surface area contributed by atoms with E-state index in [1.54, 1.807) is 19.2 Å². The normalized spacial score (nSPS) is 11.9. The highest BCUT2D eigenvalue weighted by Crippen LogP contribution is 2.03. The van der Waals surface area contributed by atoms with Crippen LogP contribution in [0.25, 0.3) is 0 Å². The third-order valence-corrected chi connectivity index (χ3v) is 2.03. The molecule has 0 amide bonds. The van der Waals surface area contributed by atoms with Crippen molar-refractivity contribution in [3.63, 3.8) is 0 Å². The van der Waals surface area contributed by atoms with E-state index in [0.29, 0.717) is 12.4 Å². The molecule has 1 unspecified atom stereocenters. The number of anilines is 1. The van der Waals surface area contributed by atoms with E-state index in [2.05, 4.69) is 20.3 Å². The van der Waals surface area contributed by atoms with Gasteiger partial charge in [-0.2, -0.15) is 0 Å². The summed E-state index contributed by atoms with van der Waals surface area (Å²) in [6.07, 6.45) is 0.0853. The largest absolute Gasteiger partial charge is 0.464 e. The second-order valence-electron chi connectivity index (χ2n) is 3.22. The summed E-state index contributed by atoms with van der Waals surface area (Å²) in [5.41, 5.74) is 0.188. The molecule has 1 heterocycles. The van der Waals surface area contributed by atoms with Gasteiger partial charge in [-0.3, -0.25) is 0 Å². The van der Waals surface area contributed by atoms with Gasteiger partial charge in [-0.1, -0.05) is 0 Å². The molecule has 0 aliphatic rings.